The van der Waals surface area contributed by atoms with Crippen molar-refractivity contribution in [1.29, 1.82) is 0 Å². The maximum absolute atomic E-state index is 3.46. The SMILES string of the molecule is CC(CN1CCCC1)S[SH2+]. The minimum atomic E-state index is 0.731. The Morgan fingerprint density at radius 1 is 1.50 bits per heavy atom. The Morgan fingerprint density at radius 3 is 2.60 bits per heavy atom. The van der Waals surface area contributed by atoms with E-state index in [-0.39, 0.29) is 0 Å². The molecule has 10 heavy (non-hydrogen) atoms. The molecule has 0 radical (unpaired) electrons. The predicted octanol–water partition coefficient (Wildman–Crippen LogP) is 1.13. The Bertz CT molecular complexity index is 91.6. The number of likely N-dealkylation sites (tertiary alicyclic amines) is 1. The van der Waals surface area contributed by atoms with Crippen LogP contribution in [-0.2, 0) is 11.7 Å². The molecule has 3 heteroatoms. The first kappa shape index (κ1) is 8.75. The van der Waals surface area contributed by atoms with Gasteiger partial charge in [0.05, 0.1) is 16.0 Å². The van der Waals surface area contributed by atoms with Crippen LogP contribution in [0.4, 0.5) is 0 Å². The van der Waals surface area contributed by atoms with Crippen LogP contribution in [0, 0.1) is 0 Å². The molecule has 1 heterocycles. The zero-order chi connectivity index (χ0) is 7.40. The highest BCUT2D eigenvalue weighted by atomic mass is 33.1. The Balaban J connectivity index is 2.11. The summed E-state index contributed by atoms with van der Waals surface area (Å²) in [7, 11) is 1.78. The third-order valence-corrected chi connectivity index (χ3v) is 3.67. The summed E-state index contributed by atoms with van der Waals surface area (Å²) in [6.07, 6.45) is 2.80. The molecule has 1 fully saturated rings. The molecule has 1 nitrogen and oxygen atoms in total. The average Bonchev–Trinajstić information content (AvgIpc) is 2.40. The summed E-state index contributed by atoms with van der Waals surface area (Å²) in [5.41, 5.74) is 0. The molecule has 0 aromatic carbocycles. The van der Waals surface area contributed by atoms with E-state index < -0.39 is 0 Å². The number of nitrogens with zero attached hydrogens (tertiary/aromatic N) is 1. The van der Waals surface area contributed by atoms with Crippen molar-refractivity contribution < 1.29 is 0 Å². The lowest BCUT2D eigenvalue weighted by Gasteiger charge is -2.15. The first-order chi connectivity index (χ1) is 4.83. The fourth-order valence-electron chi connectivity index (χ4n) is 1.37. The van der Waals surface area contributed by atoms with Gasteiger partial charge in [-0.05, 0) is 32.9 Å². The number of hydrogen-bond donors (Lipinski definition) is 0. The smallest absolute Gasteiger partial charge is 0.0907 e. The Morgan fingerprint density at radius 2 is 2.10 bits per heavy atom. The van der Waals surface area contributed by atoms with Crippen molar-refractivity contribution in [1.82, 2.24) is 4.90 Å². The van der Waals surface area contributed by atoms with Crippen molar-refractivity contribution in [3.63, 3.8) is 0 Å². The van der Waals surface area contributed by atoms with E-state index in [2.05, 4.69) is 23.5 Å². The van der Waals surface area contributed by atoms with Crippen molar-refractivity contribution in [2.75, 3.05) is 19.6 Å². The summed E-state index contributed by atoms with van der Waals surface area (Å²) in [4.78, 5) is 2.54. The molecule has 0 bridgehead atoms. The highest BCUT2D eigenvalue weighted by Gasteiger charge is 2.15. The number of rotatable bonds is 3. The molecule has 0 aromatic rings. The van der Waals surface area contributed by atoms with Crippen LogP contribution in [0.3, 0.4) is 0 Å². The molecule has 0 aromatic heterocycles. The fraction of sp³-hybridized carbons (Fsp3) is 1.00. The van der Waals surface area contributed by atoms with Gasteiger partial charge in [-0.2, -0.15) is 0 Å². The molecule has 1 unspecified atom stereocenters. The van der Waals surface area contributed by atoms with Crippen LogP contribution in [-0.4, -0.2) is 29.8 Å². The van der Waals surface area contributed by atoms with Gasteiger partial charge < -0.3 is 4.90 Å². The Labute approximate surface area is 72.4 Å². The zero-order valence-corrected chi connectivity index (χ0v) is 8.28. The summed E-state index contributed by atoms with van der Waals surface area (Å²) >= 11 is 3.46. The Hall–Kier alpha value is 0.660. The summed E-state index contributed by atoms with van der Waals surface area (Å²) in [5, 5.41) is 0.731. The van der Waals surface area contributed by atoms with Crippen LogP contribution in [0.25, 0.3) is 0 Å². The molecule has 0 spiro atoms. The topological polar surface area (TPSA) is 3.24 Å². The molecule has 0 N–H and O–H groups in total. The van der Waals surface area contributed by atoms with Gasteiger partial charge in [-0.1, -0.05) is 0 Å². The van der Waals surface area contributed by atoms with Gasteiger partial charge >= 0.3 is 0 Å². The second-order valence-electron chi connectivity index (χ2n) is 2.94. The molecule has 1 saturated heterocycles. The standard InChI is InChI=1S/C7H15NS2/c1-7(10-9)6-8-4-2-3-5-8/h7,9H,2-6H2,1H3/p+1. The lowest BCUT2D eigenvalue weighted by molar-refractivity contribution is 0.344. The van der Waals surface area contributed by atoms with Crippen LogP contribution >= 0.6 is 10.8 Å². The third kappa shape index (κ3) is 2.72. The van der Waals surface area contributed by atoms with E-state index in [0.717, 1.165) is 5.25 Å². The summed E-state index contributed by atoms with van der Waals surface area (Å²) in [6.45, 7) is 6.14. The highest BCUT2D eigenvalue weighted by molar-refractivity contribution is 8.59. The van der Waals surface area contributed by atoms with E-state index in [1.54, 1.807) is 10.8 Å². The Kier molecular flexibility index (Phi) is 3.96. The molecule has 60 valence electrons. The second-order valence-corrected chi connectivity index (χ2v) is 4.68. The molecule has 0 amide bonds. The van der Waals surface area contributed by atoms with Crippen LogP contribution in [0.2, 0.25) is 0 Å². The molecule has 0 aliphatic carbocycles. The van der Waals surface area contributed by atoms with Crippen molar-refractivity contribution in [3.8, 4) is 0 Å². The van der Waals surface area contributed by atoms with Crippen molar-refractivity contribution in [2.45, 2.75) is 25.0 Å². The van der Waals surface area contributed by atoms with Gasteiger partial charge in [0.25, 0.3) is 0 Å². The van der Waals surface area contributed by atoms with Gasteiger partial charge in [0, 0.05) is 18.2 Å². The molecule has 1 rings (SSSR count). The maximum atomic E-state index is 3.46. The largest absolute Gasteiger partial charge is 0.302 e. The molecular formula is C7H16NS2+. The fourth-order valence-corrected chi connectivity index (χ4v) is 1.88. The monoisotopic (exact) mass is 178 g/mol. The van der Waals surface area contributed by atoms with Gasteiger partial charge in [0.1, 0.15) is 0 Å². The molecule has 1 aliphatic rings. The van der Waals surface area contributed by atoms with E-state index in [1.807, 2.05) is 0 Å². The van der Waals surface area contributed by atoms with Gasteiger partial charge in [-0.25, -0.2) is 0 Å². The lowest BCUT2D eigenvalue weighted by Crippen LogP contribution is -2.26. The second kappa shape index (κ2) is 4.52. The van der Waals surface area contributed by atoms with E-state index in [0.29, 0.717) is 0 Å². The predicted molar refractivity (Wildman–Crippen MR) is 52.9 cm³/mol. The number of hydrogen-bond acceptors (Lipinski definition) is 2. The summed E-state index contributed by atoms with van der Waals surface area (Å²) in [6, 6.07) is 0. The third-order valence-electron chi connectivity index (χ3n) is 1.92. The lowest BCUT2D eigenvalue weighted by atomic mass is 10.4. The maximum Gasteiger partial charge on any atom is 0.0907 e. The van der Waals surface area contributed by atoms with E-state index in [9.17, 15) is 0 Å². The van der Waals surface area contributed by atoms with E-state index in [1.165, 1.54) is 32.5 Å². The summed E-state index contributed by atoms with van der Waals surface area (Å²) < 4.78 is 0. The normalized spacial score (nSPS) is 23.4. The highest BCUT2D eigenvalue weighted by Crippen LogP contribution is 2.13. The molecule has 1 atom stereocenters. The molecular weight excluding hydrogens is 162 g/mol. The van der Waals surface area contributed by atoms with Gasteiger partial charge in [-0.3, -0.25) is 0 Å². The van der Waals surface area contributed by atoms with Crippen molar-refractivity contribution >= 4 is 22.5 Å². The first-order valence-electron chi connectivity index (χ1n) is 3.87. The quantitative estimate of drug-likeness (QED) is 0.471. The van der Waals surface area contributed by atoms with Crippen molar-refractivity contribution in [2.24, 2.45) is 0 Å². The van der Waals surface area contributed by atoms with E-state index >= 15 is 0 Å². The average molecular weight is 178 g/mol. The minimum absolute atomic E-state index is 0.731. The first-order valence-corrected chi connectivity index (χ1v) is 5.98. The molecule has 1 aliphatic heterocycles. The summed E-state index contributed by atoms with van der Waals surface area (Å²) in [5.74, 6) is 0. The minimum Gasteiger partial charge on any atom is -0.302 e. The van der Waals surface area contributed by atoms with Crippen LogP contribution in [0.5, 0.6) is 0 Å². The zero-order valence-electron chi connectivity index (χ0n) is 6.47. The van der Waals surface area contributed by atoms with E-state index in [4.69, 9.17) is 0 Å². The van der Waals surface area contributed by atoms with Gasteiger partial charge in [0.2, 0.25) is 0 Å². The van der Waals surface area contributed by atoms with Gasteiger partial charge in [0.15, 0.2) is 0 Å². The van der Waals surface area contributed by atoms with Crippen molar-refractivity contribution in [3.05, 3.63) is 0 Å². The van der Waals surface area contributed by atoms with Gasteiger partial charge in [-0.15, -0.1) is 0 Å². The van der Waals surface area contributed by atoms with Crippen LogP contribution in [0.15, 0.2) is 0 Å². The molecule has 0 saturated carbocycles. The van der Waals surface area contributed by atoms with Crippen LogP contribution in [0.1, 0.15) is 19.8 Å². The van der Waals surface area contributed by atoms with Crippen LogP contribution < -0.4 is 0 Å².